The van der Waals surface area contributed by atoms with Gasteiger partial charge in [0.1, 0.15) is 0 Å². The van der Waals surface area contributed by atoms with Gasteiger partial charge in [0.25, 0.3) is 0 Å². The van der Waals surface area contributed by atoms with Crippen molar-refractivity contribution in [2.45, 2.75) is 12.8 Å². The van der Waals surface area contributed by atoms with Gasteiger partial charge in [0, 0.05) is 5.92 Å². The van der Waals surface area contributed by atoms with Crippen molar-refractivity contribution in [3.63, 3.8) is 0 Å². The van der Waals surface area contributed by atoms with E-state index >= 15 is 0 Å². The van der Waals surface area contributed by atoms with E-state index in [-0.39, 0.29) is 0 Å². The maximum Gasteiger partial charge on any atom is 0.164 e. The number of allylic oxidation sites excluding steroid dienone is 2. The Morgan fingerprint density at radius 2 is 2.36 bits per heavy atom. The van der Waals surface area contributed by atoms with E-state index in [0.29, 0.717) is 12.5 Å². The van der Waals surface area contributed by atoms with Gasteiger partial charge in [-0.25, -0.2) is 9.78 Å². The summed E-state index contributed by atoms with van der Waals surface area (Å²) in [6, 6.07) is 0. The van der Waals surface area contributed by atoms with Crippen molar-refractivity contribution in [3.05, 3.63) is 30.4 Å². The van der Waals surface area contributed by atoms with Gasteiger partial charge >= 0.3 is 0 Å². The van der Waals surface area contributed by atoms with E-state index in [1.165, 1.54) is 0 Å². The minimum atomic E-state index is 0.447. The lowest BCUT2D eigenvalue weighted by Crippen LogP contribution is -2.10. The highest BCUT2D eigenvalue weighted by Gasteiger charge is 2.23. The van der Waals surface area contributed by atoms with Crippen molar-refractivity contribution in [1.29, 1.82) is 0 Å². The average molecular weight is 151 g/mol. The summed E-state index contributed by atoms with van der Waals surface area (Å²) in [5.74, 6) is 0.447. The van der Waals surface area contributed by atoms with Crippen LogP contribution in [-0.2, 0) is 9.78 Å². The van der Waals surface area contributed by atoms with Crippen molar-refractivity contribution in [1.82, 2.24) is 0 Å². The zero-order valence-corrected chi connectivity index (χ0v) is 6.32. The molecule has 1 heterocycles. The Morgan fingerprint density at radius 1 is 1.36 bits per heavy atom. The second-order valence-corrected chi connectivity index (χ2v) is 2.80. The molecule has 2 aliphatic rings. The van der Waals surface area contributed by atoms with Crippen molar-refractivity contribution >= 4 is 0 Å². The fourth-order valence-corrected chi connectivity index (χ4v) is 1.37. The molecule has 0 amide bonds. The highest BCUT2D eigenvalue weighted by Crippen LogP contribution is 2.29. The summed E-state index contributed by atoms with van der Waals surface area (Å²) in [6.45, 7) is 0.710. The summed E-state index contributed by atoms with van der Waals surface area (Å²) in [4.78, 5) is 10.0. The quantitative estimate of drug-likeness (QED) is 0.493. The molecule has 11 heavy (non-hydrogen) atoms. The molecule has 0 aromatic heterocycles. The van der Waals surface area contributed by atoms with E-state index < -0.39 is 0 Å². The molecule has 1 saturated heterocycles. The molecule has 1 aliphatic heterocycles. The van der Waals surface area contributed by atoms with Crippen LogP contribution in [0.5, 0.6) is 0 Å². The molecule has 0 saturated carbocycles. The summed E-state index contributed by atoms with van der Waals surface area (Å²) in [7, 11) is 0. The Kier molecular flexibility index (Phi) is 2.06. The Bertz CT molecular complexity index is 164. The third-order valence-corrected chi connectivity index (χ3v) is 1.98. The van der Waals surface area contributed by atoms with Gasteiger partial charge in [-0.3, -0.25) is 0 Å². The van der Waals surface area contributed by atoms with Gasteiger partial charge in [-0.2, -0.15) is 0 Å². The monoisotopic (exact) mass is 151 g/mol. The standard InChI is InChI=1S/C9H11O2/c1-2-6-9-8(4-1)5-3-7-10-11-9/h1-2,4,6,8H,3,5,7H2. The highest BCUT2D eigenvalue weighted by atomic mass is 17.2. The first-order chi connectivity index (χ1) is 5.47. The van der Waals surface area contributed by atoms with Gasteiger partial charge in [-0.1, -0.05) is 18.2 Å². The van der Waals surface area contributed by atoms with Crippen molar-refractivity contribution < 1.29 is 9.78 Å². The molecule has 2 heteroatoms. The summed E-state index contributed by atoms with van der Waals surface area (Å²) >= 11 is 0. The summed E-state index contributed by atoms with van der Waals surface area (Å²) < 4.78 is 0. The first-order valence-corrected chi connectivity index (χ1v) is 3.98. The number of hydrogen-bond donors (Lipinski definition) is 0. The molecule has 0 spiro atoms. The zero-order chi connectivity index (χ0) is 7.52. The van der Waals surface area contributed by atoms with Crippen molar-refractivity contribution in [2.24, 2.45) is 5.92 Å². The molecule has 0 N–H and O–H groups in total. The predicted octanol–water partition coefficient (Wildman–Crippen LogP) is 2.00. The maximum absolute atomic E-state index is 5.09. The molecule has 1 fully saturated rings. The van der Waals surface area contributed by atoms with E-state index in [1.807, 2.05) is 12.2 Å². The molecule has 1 aliphatic carbocycles. The van der Waals surface area contributed by atoms with Gasteiger partial charge in [0.15, 0.2) is 6.10 Å². The van der Waals surface area contributed by atoms with Crippen LogP contribution in [0.15, 0.2) is 24.3 Å². The zero-order valence-electron chi connectivity index (χ0n) is 6.32. The molecule has 0 aromatic rings. The number of fused-ring (bicyclic) bond motifs is 1. The van der Waals surface area contributed by atoms with E-state index in [9.17, 15) is 0 Å². The number of hydrogen-bond acceptors (Lipinski definition) is 2. The van der Waals surface area contributed by atoms with Crippen LogP contribution in [0.2, 0.25) is 0 Å². The lowest BCUT2D eigenvalue weighted by Gasteiger charge is -2.17. The van der Waals surface area contributed by atoms with Crippen LogP contribution < -0.4 is 0 Å². The third-order valence-electron chi connectivity index (χ3n) is 1.98. The Balaban J connectivity index is 2.07. The van der Waals surface area contributed by atoms with Crippen molar-refractivity contribution in [2.75, 3.05) is 6.61 Å². The van der Waals surface area contributed by atoms with Crippen LogP contribution in [0.3, 0.4) is 0 Å². The minimum Gasteiger partial charge on any atom is -0.236 e. The Hall–Kier alpha value is -0.600. The second-order valence-electron chi connectivity index (χ2n) is 2.80. The summed E-state index contributed by atoms with van der Waals surface area (Å²) in [5.41, 5.74) is 0. The van der Waals surface area contributed by atoms with E-state index in [0.717, 1.165) is 18.9 Å². The van der Waals surface area contributed by atoms with Gasteiger partial charge in [-0.15, -0.1) is 0 Å². The molecule has 2 nitrogen and oxygen atoms in total. The van der Waals surface area contributed by atoms with Crippen molar-refractivity contribution in [3.8, 4) is 0 Å². The van der Waals surface area contributed by atoms with Gasteiger partial charge in [0.2, 0.25) is 0 Å². The minimum absolute atomic E-state index is 0.447. The first-order valence-electron chi connectivity index (χ1n) is 3.98. The van der Waals surface area contributed by atoms with Crippen LogP contribution in [0.25, 0.3) is 0 Å². The van der Waals surface area contributed by atoms with Crippen LogP contribution in [-0.4, -0.2) is 6.61 Å². The molecule has 2 rings (SSSR count). The molecule has 1 unspecified atom stereocenters. The average Bonchev–Trinajstić information content (AvgIpc) is 2.28. The highest BCUT2D eigenvalue weighted by molar-refractivity contribution is 5.23. The molecular formula is C9H11O2. The van der Waals surface area contributed by atoms with Crippen LogP contribution in [0, 0.1) is 12.0 Å². The molecule has 59 valence electrons. The Morgan fingerprint density at radius 3 is 3.36 bits per heavy atom. The molecular weight excluding hydrogens is 140 g/mol. The largest absolute Gasteiger partial charge is 0.236 e. The van der Waals surface area contributed by atoms with Crippen LogP contribution in [0.4, 0.5) is 0 Å². The fraction of sp³-hybridized carbons (Fsp3) is 0.444. The van der Waals surface area contributed by atoms with E-state index in [2.05, 4.69) is 12.2 Å². The summed E-state index contributed by atoms with van der Waals surface area (Å²) in [5, 5.41) is 0. The smallest absolute Gasteiger partial charge is 0.164 e. The predicted molar refractivity (Wildman–Crippen MR) is 41.3 cm³/mol. The number of rotatable bonds is 0. The second kappa shape index (κ2) is 3.20. The fourth-order valence-electron chi connectivity index (χ4n) is 1.37. The normalized spacial score (nSPS) is 31.5. The molecule has 0 aromatic carbocycles. The molecule has 1 radical (unpaired) electrons. The van der Waals surface area contributed by atoms with Crippen LogP contribution >= 0.6 is 0 Å². The summed E-state index contributed by atoms with van der Waals surface area (Å²) in [6.07, 6.45) is 11.3. The Labute approximate surface area is 66.4 Å². The van der Waals surface area contributed by atoms with Gasteiger partial charge in [0.05, 0.1) is 6.61 Å². The lowest BCUT2D eigenvalue weighted by molar-refractivity contribution is -0.278. The third kappa shape index (κ3) is 1.52. The molecule has 0 bridgehead atoms. The lowest BCUT2D eigenvalue weighted by atomic mass is 9.93. The van der Waals surface area contributed by atoms with Gasteiger partial charge in [-0.05, 0) is 18.9 Å². The van der Waals surface area contributed by atoms with Crippen LogP contribution in [0.1, 0.15) is 12.8 Å². The SMILES string of the molecule is C1=C[C]2OOCCCC2C=C1. The first kappa shape index (κ1) is 7.07. The van der Waals surface area contributed by atoms with E-state index in [4.69, 9.17) is 9.78 Å². The molecule has 1 atom stereocenters. The maximum atomic E-state index is 5.09. The van der Waals surface area contributed by atoms with E-state index in [1.54, 1.807) is 0 Å². The topological polar surface area (TPSA) is 18.5 Å². The van der Waals surface area contributed by atoms with Gasteiger partial charge < -0.3 is 0 Å².